The van der Waals surface area contributed by atoms with E-state index in [0.29, 0.717) is 67.5 Å². The lowest BCUT2D eigenvalue weighted by Gasteiger charge is -2.35. The number of hydrogen-bond donors (Lipinski definition) is 1. The molecule has 0 spiro atoms. The van der Waals surface area contributed by atoms with Gasteiger partial charge in [0, 0.05) is 68.4 Å². The fourth-order valence-electron chi connectivity index (χ4n) is 4.05. The third-order valence-corrected chi connectivity index (χ3v) is 6.03. The molecule has 10 heteroatoms. The molecule has 1 saturated heterocycles. The van der Waals surface area contributed by atoms with E-state index in [1.807, 2.05) is 4.57 Å². The Morgan fingerprint density at radius 3 is 2.17 bits per heavy atom. The maximum atomic E-state index is 13.1. The largest absolute Gasteiger partial charge is 0.493 e. The fourth-order valence-corrected chi connectivity index (χ4v) is 4.05. The van der Waals surface area contributed by atoms with Gasteiger partial charge in [0.25, 0.3) is 11.8 Å². The Bertz CT molecular complexity index is 1220. The van der Waals surface area contributed by atoms with Crippen LogP contribution in [0.2, 0.25) is 0 Å². The summed E-state index contributed by atoms with van der Waals surface area (Å²) in [6.07, 6.45) is 5.42. The smallest absolute Gasteiger partial charge is 0.254 e. The Hall–Kier alpha value is -4.34. The number of aromatic nitrogens is 2. The second-order valence-electron chi connectivity index (χ2n) is 8.33. The van der Waals surface area contributed by atoms with Gasteiger partial charge in [-0.15, -0.1) is 0 Å². The number of carbonyl (C=O) groups excluding carboxylic acids is 3. The van der Waals surface area contributed by atoms with Crippen molar-refractivity contribution in [3.8, 4) is 11.5 Å². The Labute approximate surface area is 209 Å². The first-order valence-corrected chi connectivity index (χ1v) is 11.6. The SMILES string of the molecule is COc1ccc(C(=O)N2CCN(C(=O)c3cccc(NC(=O)CCn4ccnc4)c3)CC2)cc1OC. The molecule has 0 radical (unpaired) electrons. The summed E-state index contributed by atoms with van der Waals surface area (Å²) < 4.78 is 12.4. The summed E-state index contributed by atoms with van der Waals surface area (Å²) in [6, 6.07) is 12.0. The summed E-state index contributed by atoms with van der Waals surface area (Å²) >= 11 is 0. The highest BCUT2D eigenvalue weighted by atomic mass is 16.5. The molecule has 1 N–H and O–H groups in total. The second kappa shape index (κ2) is 11.4. The van der Waals surface area contributed by atoms with Gasteiger partial charge in [-0.2, -0.15) is 0 Å². The maximum absolute atomic E-state index is 13.1. The number of benzene rings is 2. The molecule has 1 fully saturated rings. The molecule has 2 heterocycles. The van der Waals surface area contributed by atoms with E-state index in [9.17, 15) is 14.4 Å². The molecule has 36 heavy (non-hydrogen) atoms. The summed E-state index contributed by atoms with van der Waals surface area (Å²) in [5.74, 6) is 0.647. The number of ether oxygens (including phenoxy) is 2. The zero-order valence-electron chi connectivity index (χ0n) is 20.3. The van der Waals surface area contributed by atoms with Crippen molar-refractivity contribution in [3.05, 3.63) is 72.3 Å². The third-order valence-electron chi connectivity index (χ3n) is 6.03. The van der Waals surface area contributed by atoms with Crippen LogP contribution in [-0.4, -0.2) is 77.5 Å². The van der Waals surface area contributed by atoms with E-state index in [0.717, 1.165) is 0 Å². The first-order chi connectivity index (χ1) is 17.5. The average Bonchev–Trinajstić information content (AvgIpc) is 3.45. The second-order valence-corrected chi connectivity index (χ2v) is 8.33. The molecule has 0 saturated carbocycles. The highest BCUT2D eigenvalue weighted by molar-refractivity contribution is 5.98. The van der Waals surface area contributed by atoms with E-state index >= 15 is 0 Å². The molecule has 0 bridgehead atoms. The molecule has 188 valence electrons. The molecule has 1 aromatic heterocycles. The normalized spacial score (nSPS) is 13.3. The zero-order valence-corrected chi connectivity index (χ0v) is 20.3. The molecule has 1 aliphatic rings. The molecule has 0 aliphatic carbocycles. The van der Waals surface area contributed by atoms with Gasteiger partial charge in [0.2, 0.25) is 5.91 Å². The van der Waals surface area contributed by atoms with E-state index in [2.05, 4.69) is 10.3 Å². The number of methoxy groups -OCH3 is 2. The number of amides is 3. The Morgan fingerprint density at radius 2 is 1.56 bits per heavy atom. The van der Waals surface area contributed by atoms with Crippen LogP contribution in [0.25, 0.3) is 0 Å². The van der Waals surface area contributed by atoms with Gasteiger partial charge in [-0.25, -0.2) is 4.98 Å². The van der Waals surface area contributed by atoms with Gasteiger partial charge in [0.1, 0.15) is 0 Å². The summed E-state index contributed by atoms with van der Waals surface area (Å²) in [5.41, 5.74) is 1.56. The van der Waals surface area contributed by atoms with Crippen LogP contribution < -0.4 is 14.8 Å². The average molecular weight is 492 g/mol. The van der Waals surface area contributed by atoms with Crippen molar-refractivity contribution in [1.82, 2.24) is 19.4 Å². The minimum atomic E-state index is -0.143. The van der Waals surface area contributed by atoms with Crippen molar-refractivity contribution in [3.63, 3.8) is 0 Å². The van der Waals surface area contributed by atoms with Gasteiger partial charge < -0.3 is 29.2 Å². The number of hydrogen-bond acceptors (Lipinski definition) is 6. The molecular formula is C26H29N5O5. The minimum absolute atomic E-state index is 0.122. The number of nitrogens with one attached hydrogen (secondary N) is 1. The Balaban J connectivity index is 1.32. The van der Waals surface area contributed by atoms with Gasteiger partial charge in [-0.05, 0) is 36.4 Å². The summed E-state index contributed by atoms with van der Waals surface area (Å²) in [6.45, 7) is 2.20. The van der Waals surface area contributed by atoms with E-state index in [1.165, 1.54) is 7.11 Å². The molecule has 3 amide bonds. The van der Waals surface area contributed by atoms with Crippen LogP contribution in [0, 0.1) is 0 Å². The lowest BCUT2D eigenvalue weighted by Crippen LogP contribution is -2.50. The van der Waals surface area contributed by atoms with Gasteiger partial charge >= 0.3 is 0 Å². The minimum Gasteiger partial charge on any atom is -0.493 e. The highest BCUT2D eigenvalue weighted by Gasteiger charge is 2.26. The molecule has 10 nitrogen and oxygen atoms in total. The summed E-state index contributed by atoms with van der Waals surface area (Å²) in [5, 5.41) is 2.84. The topological polar surface area (TPSA) is 106 Å². The standard InChI is InChI=1S/C26H29N5O5/c1-35-22-7-6-20(17-23(22)36-2)26(34)31-14-12-30(13-15-31)25(33)19-4-3-5-21(16-19)28-24(32)8-10-29-11-9-27-18-29/h3-7,9,11,16-18H,8,10,12-15H2,1-2H3,(H,28,32). The number of rotatable bonds is 8. The number of imidazole rings is 1. The third kappa shape index (κ3) is 5.83. The van der Waals surface area contributed by atoms with Crippen LogP contribution in [-0.2, 0) is 11.3 Å². The van der Waals surface area contributed by atoms with E-state index in [1.54, 1.807) is 78.1 Å². The monoisotopic (exact) mass is 491 g/mol. The van der Waals surface area contributed by atoms with Crippen molar-refractivity contribution in [2.45, 2.75) is 13.0 Å². The lowest BCUT2D eigenvalue weighted by molar-refractivity contribution is -0.116. The quantitative estimate of drug-likeness (QED) is 0.519. The Morgan fingerprint density at radius 1 is 0.889 bits per heavy atom. The van der Waals surface area contributed by atoms with Crippen LogP contribution in [0.3, 0.4) is 0 Å². The predicted molar refractivity (Wildman–Crippen MR) is 133 cm³/mol. The molecular weight excluding hydrogens is 462 g/mol. The van der Waals surface area contributed by atoms with Crippen molar-refractivity contribution < 1.29 is 23.9 Å². The molecule has 0 atom stereocenters. The molecule has 0 unspecified atom stereocenters. The van der Waals surface area contributed by atoms with Gasteiger partial charge in [-0.3, -0.25) is 14.4 Å². The predicted octanol–water partition coefficient (Wildman–Crippen LogP) is 2.53. The van der Waals surface area contributed by atoms with Gasteiger partial charge in [0.05, 0.1) is 20.5 Å². The highest BCUT2D eigenvalue weighted by Crippen LogP contribution is 2.28. The van der Waals surface area contributed by atoms with Crippen LogP contribution in [0.5, 0.6) is 11.5 Å². The van der Waals surface area contributed by atoms with Crippen molar-refractivity contribution in [2.24, 2.45) is 0 Å². The van der Waals surface area contributed by atoms with Gasteiger partial charge in [-0.1, -0.05) is 6.07 Å². The molecule has 4 rings (SSSR count). The van der Waals surface area contributed by atoms with Gasteiger partial charge in [0.15, 0.2) is 11.5 Å². The number of nitrogens with zero attached hydrogens (tertiary/aromatic N) is 4. The zero-order chi connectivity index (χ0) is 25.5. The number of anilines is 1. The van der Waals surface area contributed by atoms with E-state index in [-0.39, 0.29) is 17.7 Å². The first-order valence-electron chi connectivity index (χ1n) is 11.6. The molecule has 3 aromatic rings. The van der Waals surface area contributed by atoms with Crippen LogP contribution in [0.4, 0.5) is 5.69 Å². The van der Waals surface area contributed by atoms with E-state index < -0.39 is 0 Å². The number of piperazine rings is 1. The van der Waals surface area contributed by atoms with E-state index in [4.69, 9.17) is 9.47 Å². The van der Waals surface area contributed by atoms with Crippen LogP contribution >= 0.6 is 0 Å². The summed E-state index contributed by atoms with van der Waals surface area (Å²) in [7, 11) is 3.07. The van der Waals surface area contributed by atoms with Crippen LogP contribution in [0.1, 0.15) is 27.1 Å². The Kier molecular flexibility index (Phi) is 7.84. The van der Waals surface area contributed by atoms with Crippen molar-refractivity contribution in [2.75, 3.05) is 45.7 Å². The molecule has 2 aromatic carbocycles. The summed E-state index contributed by atoms with van der Waals surface area (Å²) in [4.78, 5) is 45.8. The number of aryl methyl sites for hydroxylation is 1. The fraction of sp³-hybridized carbons (Fsp3) is 0.308. The van der Waals surface area contributed by atoms with Crippen molar-refractivity contribution in [1.29, 1.82) is 0 Å². The first kappa shape index (κ1) is 24.8. The van der Waals surface area contributed by atoms with Crippen LogP contribution in [0.15, 0.2) is 61.2 Å². The van der Waals surface area contributed by atoms with Crippen molar-refractivity contribution >= 4 is 23.4 Å². The molecule has 1 aliphatic heterocycles. The number of carbonyl (C=O) groups is 3. The maximum Gasteiger partial charge on any atom is 0.254 e. The lowest BCUT2D eigenvalue weighted by atomic mass is 10.1.